The maximum absolute atomic E-state index is 11.9. The Hall–Kier alpha value is -2.43. The molecule has 0 radical (unpaired) electrons. The number of aliphatic carboxylic acids is 1. The highest BCUT2D eigenvalue weighted by Gasteiger charge is 2.11. The van der Waals surface area contributed by atoms with Crippen molar-refractivity contribution >= 4 is 22.6 Å². The maximum atomic E-state index is 11.9. The van der Waals surface area contributed by atoms with E-state index >= 15 is 0 Å². The van der Waals surface area contributed by atoms with E-state index in [2.05, 4.69) is 10.3 Å². The van der Waals surface area contributed by atoms with Crippen molar-refractivity contribution in [3.63, 3.8) is 0 Å². The van der Waals surface area contributed by atoms with Crippen molar-refractivity contribution in [1.82, 2.24) is 10.3 Å². The quantitative estimate of drug-likeness (QED) is 0.852. The summed E-state index contributed by atoms with van der Waals surface area (Å²) in [6.07, 6.45) is 1.46. The van der Waals surface area contributed by atoms with Crippen molar-refractivity contribution in [3.05, 3.63) is 42.2 Å². The minimum atomic E-state index is -0.943. The van der Waals surface area contributed by atoms with Gasteiger partial charge < -0.3 is 10.4 Å². The maximum Gasteiger partial charge on any atom is 0.305 e. The first-order valence-electron chi connectivity index (χ1n) is 5.52. The molecule has 0 unspecified atom stereocenters. The topological polar surface area (TPSA) is 79.3 Å². The first-order chi connectivity index (χ1) is 8.68. The van der Waals surface area contributed by atoms with Gasteiger partial charge in [-0.1, -0.05) is 24.3 Å². The highest BCUT2D eigenvalue weighted by atomic mass is 16.4. The standard InChI is InChI=1S/C13H12N2O3/c16-11(17)6-8-15-13(18)12-10-4-2-1-3-9(10)5-7-14-12/h1-5,7H,6,8H2,(H,15,18)(H,16,17). The third-order valence-corrected chi connectivity index (χ3v) is 2.51. The number of pyridine rings is 1. The number of carboxylic acids is 1. The van der Waals surface area contributed by atoms with Crippen LogP contribution in [0.5, 0.6) is 0 Å². The van der Waals surface area contributed by atoms with Crippen LogP contribution in [0, 0.1) is 0 Å². The van der Waals surface area contributed by atoms with Crippen molar-refractivity contribution in [3.8, 4) is 0 Å². The molecule has 92 valence electrons. The van der Waals surface area contributed by atoms with Gasteiger partial charge in [0.1, 0.15) is 5.69 Å². The molecule has 0 fully saturated rings. The van der Waals surface area contributed by atoms with Crippen LogP contribution in [-0.2, 0) is 4.79 Å². The van der Waals surface area contributed by atoms with Crippen LogP contribution < -0.4 is 5.32 Å². The molecule has 0 atom stereocenters. The second-order valence-electron chi connectivity index (χ2n) is 3.78. The molecule has 5 heteroatoms. The van der Waals surface area contributed by atoms with Gasteiger partial charge >= 0.3 is 5.97 Å². The average Bonchev–Trinajstić information content (AvgIpc) is 2.37. The van der Waals surface area contributed by atoms with Gasteiger partial charge in [0.2, 0.25) is 0 Å². The van der Waals surface area contributed by atoms with Crippen LogP contribution >= 0.6 is 0 Å². The van der Waals surface area contributed by atoms with E-state index in [0.717, 1.165) is 10.8 Å². The second-order valence-corrected chi connectivity index (χ2v) is 3.78. The smallest absolute Gasteiger partial charge is 0.305 e. The lowest BCUT2D eigenvalue weighted by Gasteiger charge is -2.05. The monoisotopic (exact) mass is 244 g/mol. The van der Waals surface area contributed by atoms with E-state index in [4.69, 9.17) is 5.11 Å². The third kappa shape index (κ3) is 2.63. The molecule has 2 aromatic rings. The van der Waals surface area contributed by atoms with Crippen molar-refractivity contribution in [1.29, 1.82) is 0 Å². The third-order valence-electron chi connectivity index (χ3n) is 2.51. The molecular weight excluding hydrogens is 232 g/mol. The lowest BCUT2D eigenvalue weighted by molar-refractivity contribution is -0.136. The van der Waals surface area contributed by atoms with Crippen molar-refractivity contribution < 1.29 is 14.7 Å². The number of nitrogens with zero attached hydrogens (tertiary/aromatic N) is 1. The van der Waals surface area contributed by atoms with Gasteiger partial charge in [0.05, 0.1) is 6.42 Å². The number of carbonyl (C=O) groups excluding carboxylic acids is 1. The normalized spacial score (nSPS) is 10.2. The zero-order valence-corrected chi connectivity index (χ0v) is 9.59. The summed E-state index contributed by atoms with van der Waals surface area (Å²) in [5, 5.41) is 12.7. The molecule has 1 aromatic carbocycles. The van der Waals surface area contributed by atoms with Crippen LogP contribution in [0.1, 0.15) is 16.9 Å². The molecular formula is C13H12N2O3. The second kappa shape index (κ2) is 5.27. The first-order valence-corrected chi connectivity index (χ1v) is 5.52. The van der Waals surface area contributed by atoms with Crippen LogP contribution in [0.2, 0.25) is 0 Å². The fraction of sp³-hybridized carbons (Fsp3) is 0.154. The average molecular weight is 244 g/mol. The van der Waals surface area contributed by atoms with E-state index in [1.807, 2.05) is 30.3 Å². The number of hydrogen-bond acceptors (Lipinski definition) is 3. The van der Waals surface area contributed by atoms with Gasteiger partial charge in [0.25, 0.3) is 5.91 Å². The molecule has 1 aromatic heterocycles. The van der Waals surface area contributed by atoms with Gasteiger partial charge in [-0.05, 0) is 11.5 Å². The number of carbonyl (C=O) groups is 2. The molecule has 0 spiro atoms. The van der Waals surface area contributed by atoms with Crippen molar-refractivity contribution in [2.75, 3.05) is 6.54 Å². The molecule has 2 rings (SSSR count). The number of nitrogens with one attached hydrogen (secondary N) is 1. The summed E-state index contributed by atoms with van der Waals surface area (Å²) in [5.74, 6) is -1.30. The van der Waals surface area contributed by atoms with Gasteiger partial charge in [-0.3, -0.25) is 14.6 Å². The van der Waals surface area contributed by atoms with E-state index in [9.17, 15) is 9.59 Å². The summed E-state index contributed by atoms with van der Waals surface area (Å²) in [4.78, 5) is 26.3. The molecule has 0 bridgehead atoms. The summed E-state index contributed by atoms with van der Waals surface area (Å²) in [7, 11) is 0. The highest BCUT2D eigenvalue weighted by molar-refractivity contribution is 6.05. The lowest BCUT2D eigenvalue weighted by atomic mass is 10.1. The molecule has 1 amide bonds. The number of carboxylic acid groups (broad SMARTS) is 1. The van der Waals surface area contributed by atoms with Crippen LogP contribution in [-0.4, -0.2) is 28.5 Å². The molecule has 0 saturated heterocycles. The predicted molar refractivity (Wildman–Crippen MR) is 66.3 cm³/mol. The van der Waals surface area contributed by atoms with Crippen LogP contribution in [0.4, 0.5) is 0 Å². The summed E-state index contributed by atoms with van der Waals surface area (Å²) in [5.41, 5.74) is 0.318. The van der Waals surface area contributed by atoms with E-state index in [-0.39, 0.29) is 18.9 Å². The Morgan fingerprint density at radius 2 is 2.00 bits per heavy atom. The summed E-state index contributed by atoms with van der Waals surface area (Å²) in [6, 6.07) is 9.25. The molecule has 18 heavy (non-hydrogen) atoms. The Balaban J connectivity index is 2.20. The number of amides is 1. The Bertz CT molecular complexity index is 590. The number of aromatic nitrogens is 1. The molecule has 0 aliphatic heterocycles. The highest BCUT2D eigenvalue weighted by Crippen LogP contribution is 2.15. The number of hydrogen-bond donors (Lipinski definition) is 2. The summed E-state index contributed by atoms with van der Waals surface area (Å²) < 4.78 is 0. The fourth-order valence-corrected chi connectivity index (χ4v) is 1.67. The molecule has 2 N–H and O–H groups in total. The minimum Gasteiger partial charge on any atom is -0.481 e. The van der Waals surface area contributed by atoms with Crippen molar-refractivity contribution in [2.45, 2.75) is 6.42 Å². The molecule has 0 aliphatic rings. The van der Waals surface area contributed by atoms with E-state index in [1.54, 1.807) is 6.20 Å². The predicted octanol–water partition coefficient (Wildman–Crippen LogP) is 1.44. The Labute approximate surface area is 103 Å². The van der Waals surface area contributed by atoms with Gasteiger partial charge in [-0.2, -0.15) is 0 Å². The van der Waals surface area contributed by atoms with Crippen molar-refractivity contribution in [2.24, 2.45) is 0 Å². The summed E-state index contributed by atoms with van der Waals surface area (Å²) in [6.45, 7) is 0.0963. The van der Waals surface area contributed by atoms with Crippen LogP contribution in [0.3, 0.4) is 0 Å². The van der Waals surface area contributed by atoms with E-state index < -0.39 is 5.97 Å². The zero-order chi connectivity index (χ0) is 13.0. The van der Waals surface area contributed by atoms with Gasteiger partial charge in [-0.15, -0.1) is 0 Å². The fourth-order valence-electron chi connectivity index (χ4n) is 1.67. The summed E-state index contributed by atoms with van der Waals surface area (Å²) >= 11 is 0. The van der Waals surface area contributed by atoms with Gasteiger partial charge in [0.15, 0.2) is 0 Å². The lowest BCUT2D eigenvalue weighted by Crippen LogP contribution is -2.26. The van der Waals surface area contributed by atoms with Crippen LogP contribution in [0.15, 0.2) is 36.5 Å². The Kier molecular flexibility index (Phi) is 3.52. The largest absolute Gasteiger partial charge is 0.481 e. The zero-order valence-electron chi connectivity index (χ0n) is 9.59. The van der Waals surface area contributed by atoms with Gasteiger partial charge in [-0.25, -0.2) is 0 Å². The first kappa shape index (κ1) is 12.0. The molecule has 0 saturated carbocycles. The molecule has 0 aliphatic carbocycles. The number of rotatable bonds is 4. The van der Waals surface area contributed by atoms with Gasteiger partial charge in [0, 0.05) is 18.1 Å². The molecule has 1 heterocycles. The minimum absolute atomic E-state index is 0.0963. The number of benzene rings is 1. The molecule has 5 nitrogen and oxygen atoms in total. The van der Waals surface area contributed by atoms with E-state index in [0.29, 0.717) is 5.69 Å². The van der Waals surface area contributed by atoms with E-state index in [1.165, 1.54) is 0 Å². The van der Waals surface area contributed by atoms with Crippen LogP contribution in [0.25, 0.3) is 10.8 Å². The Morgan fingerprint density at radius 3 is 2.78 bits per heavy atom. The number of fused-ring (bicyclic) bond motifs is 1. The Morgan fingerprint density at radius 1 is 1.22 bits per heavy atom. The SMILES string of the molecule is O=C(O)CCNC(=O)c1nccc2ccccc12.